The van der Waals surface area contributed by atoms with Gasteiger partial charge in [-0.25, -0.2) is 0 Å². The van der Waals surface area contributed by atoms with Gasteiger partial charge in [0.1, 0.15) is 0 Å². The number of hydrogen-bond acceptors (Lipinski definition) is 2. The standard InChI is InChI=1S/3ClH.NO2.Ru/c;;;2-1-3;/h3*1H;;/q;;;;+3/p-3. The Balaban J connectivity index is -0.0000000150. The summed E-state index contributed by atoms with van der Waals surface area (Å²) < 4.78 is -0.570. The Kier molecular flexibility index (Phi) is 55.8. The fourth-order valence-corrected chi connectivity index (χ4v) is 0. The van der Waals surface area contributed by atoms with Crippen LogP contribution in [-0.4, -0.2) is 3.67 Å². The van der Waals surface area contributed by atoms with Crippen LogP contribution in [0.5, 0.6) is 0 Å². The van der Waals surface area contributed by atoms with Gasteiger partial charge in [-0.15, -0.1) is 0 Å². The topological polar surface area (TPSA) is 43.1 Å². The zero-order valence-electron chi connectivity index (χ0n) is 2.75. The van der Waals surface area contributed by atoms with Crippen molar-refractivity contribution in [1.29, 1.82) is 0 Å². The molecule has 46 valence electrons. The molecule has 0 saturated heterocycles. The van der Waals surface area contributed by atoms with Gasteiger partial charge >= 0.3 is 32.3 Å². The number of nitro groups is 1. The molecule has 0 aromatic rings. The summed E-state index contributed by atoms with van der Waals surface area (Å²) >= 11 is 1.30. The zero-order chi connectivity index (χ0) is 3.58. The molecule has 0 rings (SSSR count). The summed E-state index contributed by atoms with van der Waals surface area (Å²) in [7, 11) is 0. The van der Waals surface area contributed by atoms with Crippen LogP contribution in [0.1, 0.15) is 0 Å². The Bertz CT molecular complexity index is 35.9. The van der Waals surface area contributed by atoms with Crippen LogP contribution in [0, 0.1) is 10.1 Å². The molecular weight excluding hydrogens is 253 g/mol. The molecule has 0 radical (unpaired) electrons. The maximum absolute atomic E-state index is 8.77. The van der Waals surface area contributed by atoms with Gasteiger partial charge in [0.05, 0.1) is 0 Å². The summed E-state index contributed by atoms with van der Waals surface area (Å²) in [6.45, 7) is 0. The van der Waals surface area contributed by atoms with E-state index in [1.807, 2.05) is 0 Å². The Morgan fingerprint density at radius 1 is 1.29 bits per heavy atom. The molecule has 0 N–H and O–H groups in total. The Morgan fingerprint density at radius 3 is 1.29 bits per heavy atom. The van der Waals surface area contributed by atoms with E-state index >= 15 is 0 Å². The molecule has 7 heteroatoms. The van der Waals surface area contributed by atoms with Gasteiger partial charge < -0.3 is 37.2 Å². The van der Waals surface area contributed by atoms with Gasteiger partial charge in [-0.1, -0.05) is 0 Å². The molecular formula is Cl3NO2Ru. The second-order valence-corrected chi connectivity index (χ2v) is 0.838. The van der Waals surface area contributed by atoms with Crippen LogP contribution in [0.3, 0.4) is 0 Å². The molecule has 0 aliphatic heterocycles. The summed E-state index contributed by atoms with van der Waals surface area (Å²) in [5.41, 5.74) is 0. The first-order chi connectivity index (χ1) is 1.73. The van der Waals surface area contributed by atoms with Crippen molar-refractivity contribution in [2.45, 2.75) is 0 Å². The van der Waals surface area contributed by atoms with Gasteiger partial charge in [0, 0.05) is 0 Å². The summed E-state index contributed by atoms with van der Waals surface area (Å²) in [6.07, 6.45) is 0. The molecule has 0 amide bonds. The van der Waals surface area contributed by atoms with Gasteiger partial charge in [-0.2, -0.15) is 0 Å². The van der Waals surface area contributed by atoms with Gasteiger partial charge in [0.15, 0.2) is 0 Å². The SMILES string of the molecule is O=[N+]([O-])[Ru+3].[Cl-].[Cl-].[Cl-]. The van der Waals surface area contributed by atoms with Crippen molar-refractivity contribution in [2.75, 3.05) is 0 Å². The van der Waals surface area contributed by atoms with E-state index in [9.17, 15) is 0 Å². The fourth-order valence-electron chi connectivity index (χ4n) is 0. The zero-order valence-corrected chi connectivity index (χ0v) is 6.76. The molecule has 0 fully saturated rings. The normalized spacial score (nSPS) is 3.43. The van der Waals surface area contributed by atoms with Gasteiger partial charge in [0.2, 0.25) is 0 Å². The van der Waals surface area contributed by atoms with E-state index in [4.69, 9.17) is 10.1 Å². The predicted molar refractivity (Wildman–Crippen MR) is 6.99 cm³/mol. The van der Waals surface area contributed by atoms with E-state index in [1.165, 1.54) is 18.5 Å². The van der Waals surface area contributed by atoms with Gasteiger partial charge in [-0.05, 0) is 0 Å². The van der Waals surface area contributed by atoms with Crippen LogP contribution >= 0.6 is 0 Å². The molecule has 3 nitrogen and oxygen atoms in total. The second-order valence-electron chi connectivity index (χ2n) is 0.204. The molecule has 0 atom stereocenters. The summed E-state index contributed by atoms with van der Waals surface area (Å²) in [5, 5.41) is 8.77. The Labute approximate surface area is 69.5 Å². The summed E-state index contributed by atoms with van der Waals surface area (Å²) in [4.78, 5) is 8.77. The maximum atomic E-state index is 8.77. The molecule has 0 aromatic carbocycles. The van der Waals surface area contributed by atoms with E-state index in [0.29, 0.717) is 0 Å². The largest absolute Gasteiger partial charge is 1.00 e. The molecule has 0 heterocycles. The van der Waals surface area contributed by atoms with Crippen LogP contribution in [0.25, 0.3) is 0 Å². The van der Waals surface area contributed by atoms with E-state index in [0.717, 1.165) is 0 Å². The Hall–Kier alpha value is 0.893. The van der Waals surface area contributed by atoms with Crippen molar-refractivity contribution in [3.8, 4) is 0 Å². The fraction of sp³-hybridized carbons (Fsp3) is 0. The molecule has 0 spiro atoms. The van der Waals surface area contributed by atoms with Crippen molar-refractivity contribution >= 4 is 0 Å². The minimum atomic E-state index is -0.570. The molecule has 0 aromatic heterocycles. The summed E-state index contributed by atoms with van der Waals surface area (Å²) in [6, 6.07) is 0. The van der Waals surface area contributed by atoms with Gasteiger partial charge in [0.25, 0.3) is 0 Å². The van der Waals surface area contributed by atoms with Crippen LogP contribution < -0.4 is 37.2 Å². The minimum absolute atomic E-state index is 0. The first-order valence-electron chi connectivity index (χ1n) is 0.523. The molecule has 0 unspecified atom stereocenters. The number of rotatable bonds is 0. The molecule has 0 aliphatic rings. The van der Waals surface area contributed by atoms with Crippen molar-refractivity contribution in [3.63, 3.8) is 0 Å². The molecule has 0 aliphatic carbocycles. The van der Waals surface area contributed by atoms with E-state index in [1.54, 1.807) is 0 Å². The molecule has 0 bridgehead atoms. The molecule has 0 saturated carbocycles. The predicted octanol–water partition coefficient (Wildman–Crippen LogP) is -9.26. The minimum Gasteiger partial charge on any atom is -1.00 e. The first kappa shape index (κ1) is 24.7. The third kappa shape index (κ3) is 207. The average Bonchev–Trinajstić information content (AvgIpc) is 0.811. The third-order valence-corrected chi connectivity index (χ3v) is 0. The molecule has 7 heavy (non-hydrogen) atoms. The number of hydrogen-bond donors (Lipinski definition) is 0. The van der Waals surface area contributed by atoms with Gasteiger partial charge in [-0.3, -0.25) is 0 Å². The van der Waals surface area contributed by atoms with E-state index < -0.39 is 3.67 Å². The van der Waals surface area contributed by atoms with E-state index in [-0.39, 0.29) is 37.2 Å². The maximum Gasteiger partial charge on any atom is -1.00 e. The van der Waals surface area contributed by atoms with Crippen LogP contribution in [0.4, 0.5) is 0 Å². The first-order valence-corrected chi connectivity index (χ1v) is 1.30. The number of nitrogens with zero attached hydrogens (tertiary/aromatic N) is 1. The quantitative estimate of drug-likeness (QED) is 0.244. The Morgan fingerprint density at radius 2 is 1.29 bits per heavy atom. The van der Waals surface area contributed by atoms with Crippen LogP contribution in [0.15, 0.2) is 0 Å². The number of halogens is 3. The van der Waals surface area contributed by atoms with Crippen molar-refractivity contribution < 1.29 is 59.4 Å². The van der Waals surface area contributed by atoms with E-state index in [2.05, 4.69) is 0 Å². The van der Waals surface area contributed by atoms with Crippen LogP contribution in [0.2, 0.25) is 0 Å². The van der Waals surface area contributed by atoms with Crippen molar-refractivity contribution in [3.05, 3.63) is 10.1 Å². The smallest absolute Gasteiger partial charge is 1.00 e. The monoisotopic (exact) mass is 253 g/mol. The average molecular weight is 253 g/mol. The third-order valence-electron chi connectivity index (χ3n) is 0. The van der Waals surface area contributed by atoms with Crippen LogP contribution in [-0.2, 0) is 18.5 Å². The summed E-state index contributed by atoms with van der Waals surface area (Å²) in [5.74, 6) is 0. The second kappa shape index (κ2) is 15.8. The van der Waals surface area contributed by atoms with Crippen molar-refractivity contribution in [2.24, 2.45) is 0 Å². The van der Waals surface area contributed by atoms with Crippen molar-refractivity contribution in [1.82, 2.24) is 0 Å².